The Kier molecular flexibility index (Phi) is 6.52. The average molecular weight is 574 g/mol. The van der Waals surface area contributed by atoms with E-state index in [1.807, 2.05) is 18.2 Å². The molecule has 3 aromatic carbocycles. The Morgan fingerprint density at radius 3 is 2.64 bits per heavy atom. The number of aromatic nitrogens is 2. The third kappa shape index (κ3) is 4.94. The highest BCUT2D eigenvalue weighted by molar-refractivity contribution is 9.11. The molecule has 1 heterocycles. The number of para-hydroxylation sites is 1. The molecule has 0 saturated carbocycles. The molecule has 4 rings (SSSR count). The monoisotopic (exact) mass is 572 g/mol. The molecule has 0 spiro atoms. The molecule has 0 atom stereocenters. The quantitative estimate of drug-likeness (QED) is 0.206. The van der Waals surface area contributed by atoms with Gasteiger partial charge in [-0.1, -0.05) is 50.1 Å². The summed E-state index contributed by atoms with van der Waals surface area (Å²) in [6, 6.07) is 16.3. The lowest BCUT2D eigenvalue weighted by molar-refractivity contribution is -0.385. The Bertz CT molecular complexity index is 1530. The normalized spacial score (nSPS) is 11.2. The maximum absolute atomic E-state index is 12.6. The molecule has 0 aliphatic heterocycles. The van der Waals surface area contributed by atoms with Gasteiger partial charge in [0.05, 0.1) is 22.0 Å². The van der Waals surface area contributed by atoms with Gasteiger partial charge in [-0.2, -0.15) is 5.10 Å². The van der Waals surface area contributed by atoms with Crippen LogP contribution in [0.1, 0.15) is 11.1 Å². The van der Waals surface area contributed by atoms with E-state index in [1.165, 1.54) is 18.3 Å². The number of nitrogens with zero attached hydrogens (tertiary/aromatic N) is 3. The van der Waals surface area contributed by atoms with Crippen LogP contribution in [-0.4, -0.2) is 20.8 Å². The summed E-state index contributed by atoms with van der Waals surface area (Å²) < 4.78 is 8.02. The number of ether oxygens (including phenoxy) is 1. The Morgan fingerprint density at radius 2 is 1.88 bits per heavy atom. The highest BCUT2D eigenvalue weighted by atomic mass is 79.9. The van der Waals surface area contributed by atoms with Gasteiger partial charge in [-0.15, -0.1) is 4.68 Å². The van der Waals surface area contributed by atoms with E-state index in [4.69, 9.17) is 4.74 Å². The number of halogens is 2. The summed E-state index contributed by atoms with van der Waals surface area (Å²) in [6.07, 6.45) is 1.20. The van der Waals surface area contributed by atoms with E-state index in [0.29, 0.717) is 21.1 Å². The van der Waals surface area contributed by atoms with Gasteiger partial charge in [0.2, 0.25) is 0 Å². The molecular formula is C22H14Br2N4O5. The van der Waals surface area contributed by atoms with Gasteiger partial charge < -0.3 is 9.72 Å². The standard InChI is InChI=1S/C22H14Br2N4O5/c23-15-7-6-14(17(24)10-15)12-33-20-8-5-13(9-19(20)28(31)32)11-25-27-21(29)16-3-1-2-4-18(16)26-22(27)30/h1-11H,12H2,(H,26,30). The van der Waals surface area contributed by atoms with Gasteiger partial charge in [0.15, 0.2) is 5.75 Å². The first-order chi connectivity index (χ1) is 15.8. The number of nitrogens with one attached hydrogen (secondary N) is 1. The largest absolute Gasteiger partial charge is 0.482 e. The van der Waals surface area contributed by atoms with Crippen molar-refractivity contribution in [2.75, 3.05) is 0 Å². The van der Waals surface area contributed by atoms with E-state index in [0.717, 1.165) is 14.5 Å². The highest BCUT2D eigenvalue weighted by Gasteiger charge is 2.16. The van der Waals surface area contributed by atoms with Crippen molar-refractivity contribution >= 4 is 54.7 Å². The van der Waals surface area contributed by atoms with Crippen LogP contribution in [0.3, 0.4) is 0 Å². The third-order valence-corrected chi connectivity index (χ3v) is 5.92. The van der Waals surface area contributed by atoms with Crippen molar-refractivity contribution in [3.8, 4) is 5.75 Å². The minimum Gasteiger partial charge on any atom is -0.482 e. The lowest BCUT2D eigenvalue weighted by Crippen LogP contribution is -2.32. The van der Waals surface area contributed by atoms with E-state index in [9.17, 15) is 19.7 Å². The predicted molar refractivity (Wildman–Crippen MR) is 131 cm³/mol. The predicted octanol–water partition coefficient (Wildman–Crippen LogP) is 4.58. The molecule has 1 N–H and O–H groups in total. The zero-order valence-corrected chi connectivity index (χ0v) is 19.9. The van der Waals surface area contributed by atoms with E-state index in [1.54, 1.807) is 30.3 Å². The molecule has 0 radical (unpaired) electrons. The minimum absolute atomic E-state index is 0.0766. The fraction of sp³-hybridized carbons (Fsp3) is 0.0455. The molecule has 0 fully saturated rings. The van der Waals surface area contributed by atoms with Crippen LogP contribution in [0.2, 0.25) is 0 Å². The van der Waals surface area contributed by atoms with Crippen LogP contribution < -0.4 is 16.0 Å². The number of hydrogen-bond donors (Lipinski definition) is 1. The maximum Gasteiger partial charge on any atom is 0.349 e. The lowest BCUT2D eigenvalue weighted by atomic mass is 10.2. The molecule has 0 unspecified atom stereocenters. The third-order valence-electron chi connectivity index (χ3n) is 4.68. The zero-order chi connectivity index (χ0) is 23.5. The molecule has 166 valence electrons. The number of rotatable bonds is 6. The van der Waals surface area contributed by atoms with Gasteiger partial charge in [-0.05, 0) is 36.4 Å². The van der Waals surface area contributed by atoms with Crippen LogP contribution in [0, 0.1) is 10.1 Å². The maximum atomic E-state index is 12.6. The van der Waals surface area contributed by atoms with Gasteiger partial charge >= 0.3 is 11.4 Å². The fourth-order valence-corrected chi connectivity index (χ4v) is 4.22. The second-order valence-electron chi connectivity index (χ2n) is 6.85. The van der Waals surface area contributed by atoms with Gasteiger partial charge in [0.1, 0.15) is 6.61 Å². The fourth-order valence-electron chi connectivity index (χ4n) is 3.06. The average Bonchev–Trinajstić information content (AvgIpc) is 2.78. The van der Waals surface area contributed by atoms with Crippen LogP contribution >= 0.6 is 31.9 Å². The van der Waals surface area contributed by atoms with Crippen LogP contribution in [0.15, 0.2) is 84.3 Å². The van der Waals surface area contributed by atoms with Crippen molar-refractivity contribution in [2.24, 2.45) is 5.10 Å². The summed E-state index contributed by atoms with van der Waals surface area (Å²) in [5, 5.41) is 15.8. The van der Waals surface area contributed by atoms with Crippen LogP contribution in [0.25, 0.3) is 10.9 Å². The zero-order valence-electron chi connectivity index (χ0n) is 16.7. The van der Waals surface area contributed by atoms with Gasteiger partial charge in [0, 0.05) is 26.1 Å². The summed E-state index contributed by atoms with van der Waals surface area (Å²) in [6.45, 7) is 0.115. The number of nitro benzene ring substituents is 1. The first-order valence-electron chi connectivity index (χ1n) is 9.47. The van der Waals surface area contributed by atoms with Crippen molar-refractivity contribution < 1.29 is 9.66 Å². The van der Waals surface area contributed by atoms with Crippen molar-refractivity contribution in [3.05, 3.63) is 112 Å². The summed E-state index contributed by atoms with van der Waals surface area (Å²) in [5.41, 5.74) is -0.0589. The molecule has 0 aliphatic rings. The van der Waals surface area contributed by atoms with Gasteiger partial charge in [-0.3, -0.25) is 14.9 Å². The second-order valence-corrected chi connectivity index (χ2v) is 8.62. The molecule has 0 saturated heterocycles. The summed E-state index contributed by atoms with van der Waals surface area (Å²) in [5.74, 6) is 0.0766. The number of nitro groups is 1. The second kappa shape index (κ2) is 9.51. The molecule has 1 aromatic heterocycles. The summed E-state index contributed by atoms with van der Waals surface area (Å²) in [4.78, 5) is 38.4. The summed E-state index contributed by atoms with van der Waals surface area (Å²) in [7, 11) is 0. The van der Waals surface area contributed by atoms with Crippen LogP contribution in [0.5, 0.6) is 5.75 Å². The number of hydrogen-bond acceptors (Lipinski definition) is 6. The summed E-state index contributed by atoms with van der Waals surface area (Å²) >= 11 is 6.80. The van der Waals surface area contributed by atoms with Gasteiger partial charge in [0.25, 0.3) is 5.56 Å². The molecule has 0 amide bonds. The Hall–Kier alpha value is -3.57. The highest BCUT2D eigenvalue weighted by Crippen LogP contribution is 2.30. The SMILES string of the molecule is O=c1[nH]c2ccccc2c(=O)n1N=Cc1ccc(OCc2ccc(Br)cc2Br)c([N+](=O)[O-])c1. The van der Waals surface area contributed by atoms with E-state index in [2.05, 4.69) is 41.9 Å². The molecule has 9 nitrogen and oxygen atoms in total. The molecule has 4 aromatic rings. The first kappa shape index (κ1) is 22.6. The molecule has 33 heavy (non-hydrogen) atoms. The molecule has 0 aliphatic carbocycles. The van der Waals surface area contributed by atoms with E-state index < -0.39 is 16.2 Å². The molecule has 0 bridgehead atoms. The van der Waals surface area contributed by atoms with Crippen molar-refractivity contribution in [3.63, 3.8) is 0 Å². The molecular weight excluding hydrogens is 560 g/mol. The lowest BCUT2D eigenvalue weighted by Gasteiger charge is -2.09. The number of H-pyrrole nitrogens is 1. The Morgan fingerprint density at radius 1 is 1.09 bits per heavy atom. The van der Waals surface area contributed by atoms with Gasteiger partial charge in [-0.25, -0.2) is 4.79 Å². The topological polar surface area (TPSA) is 120 Å². The van der Waals surface area contributed by atoms with Crippen LogP contribution in [-0.2, 0) is 6.61 Å². The van der Waals surface area contributed by atoms with Crippen LogP contribution in [0.4, 0.5) is 5.69 Å². The number of aromatic amines is 1. The first-order valence-corrected chi connectivity index (χ1v) is 11.1. The van der Waals surface area contributed by atoms with Crippen molar-refractivity contribution in [2.45, 2.75) is 6.61 Å². The Balaban J connectivity index is 1.62. The number of benzene rings is 3. The van der Waals surface area contributed by atoms with Crippen molar-refractivity contribution in [1.29, 1.82) is 0 Å². The van der Waals surface area contributed by atoms with Crippen molar-refractivity contribution in [1.82, 2.24) is 9.66 Å². The molecule has 11 heteroatoms. The Labute approximate surface area is 202 Å². The van der Waals surface area contributed by atoms with E-state index in [-0.39, 0.29) is 18.0 Å². The smallest absolute Gasteiger partial charge is 0.349 e. The number of fused-ring (bicyclic) bond motifs is 1. The minimum atomic E-state index is -0.718. The van der Waals surface area contributed by atoms with E-state index >= 15 is 0 Å².